The Balaban J connectivity index is 2.35. The molecule has 30 heavy (non-hydrogen) atoms. The van der Waals surface area contributed by atoms with Gasteiger partial charge in [0.15, 0.2) is 0 Å². The lowest BCUT2D eigenvalue weighted by Crippen LogP contribution is -2.69. The minimum Gasteiger partial charge on any atom is -0.295 e. The van der Waals surface area contributed by atoms with Crippen molar-refractivity contribution in [3.8, 4) is 0 Å². The van der Waals surface area contributed by atoms with Gasteiger partial charge in [-0.2, -0.15) is 0 Å². The standard InChI is InChI=1S/C26H54N4/c1-19(2)28-18-22(29(16-20(28)3)25(8,9)10)14-23-17-27(24(5,6)7)15-21(4)30(23)26(11,12)13/h19-23H,14-18H2,1-13H3. The van der Waals surface area contributed by atoms with Crippen molar-refractivity contribution in [2.75, 3.05) is 26.2 Å². The highest BCUT2D eigenvalue weighted by Gasteiger charge is 2.45. The zero-order valence-corrected chi connectivity index (χ0v) is 22.7. The van der Waals surface area contributed by atoms with Crippen molar-refractivity contribution in [2.45, 2.75) is 143 Å². The van der Waals surface area contributed by atoms with E-state index in [0.29, 0.717) is 30.2 Å². The summed E-state index contributed by atoms with van der Waals surface area (Å²) >= 11 is 0. The third-order valence-corrected chi connectivity index (χ3v) is 7.47. The summed E-state index contributed by atoms with van der Waals surface area (Å²) in [5, 5.41) is 0. The summed E-state index contributed by atoms with van der Waals surface area (Å²) in [6.07, 6.45) is 1.25. The minimum absolute atomic E-state index is 0.195. The van der Waals surface area contributed by atoms with E-state index in [4.69, 9.17) is 0 Å². The summed E-state index contributed by atoms with van der Waals surface area (Å²) < 4.78 is 0. The van der Waals surface area contributed by atoms with Gasteiger partial charge in [0, 0.05) is 73.0 Å². The van der Waals surface area contributed by atoms with Gasteiger partial charge < -0.3 is 0 Å². The predicted octanol–water partition coefficient (Wildman–Crippen LogP) is 4.93. The van der Waals surface area contributed by atoms with Gasteiger partial charge in [-0.1, -0.05) is 0 Å². The monoisotopic (exact) mass is 422 g/mol. The van der Waals surface area contributed by atoms with Crippen molar-refractivity contribution >= 4 is 0 Å². The first-order chi connectivity index (χ1) is 13.4. The van der Waals surface area contributed by atoms with E-state index in [-0.39, 0.29) is 16.6 Å². The first kappa shape index (κ1) is 26.1. The topological polar surface area (TPSA) is 13.0 Å². The molecule has 0 aliphatic carbocycles. The molecule has 0 aromatic carbocycles. The normalized spacial score (nSPS) is 32.2. The number of rotatable bonds is 3. The lowest BCUT2D eigenvalue weighted by molar-refractivity contribution is -0.0855. The molecule has 0 radical (unpaired) electrons. The molecule has 0 amide bonds. The van der Waals surface area contributed by atoms with Crippen molar-refractivity contribution < 1.29 is 0 Å². The summed E-state index contributed by atoms with van der Waals surface area (Å²) in [4.78, 5) is 11.1. The maximum Gasteiger partial charge on any atom is 0.0247 e. The first-order valence-electron chi connectivity index (χ1n) is 12.5. The zero-order valence-electron chi connectivity index (χ0n) is 22.7. The summed E-state index contributed by atoms with van der Waals surface area (Å²) in [6, 6.07) is 3.00. The molecule has 178 valence electrons. The molecule has 2 aliphatic heterocycles. The maximum absolute atomic E-state index is 2.84. The molecule has 2 aliphatic rings. The van der Waals surface area contributed by atoms with Crippen LogP contribution in [0.15, 0.2) is 0 Å². The molecule has 0 saturated carbocycles. The second kappa shape index (κ2) is 9.00. The molecule has 4 heteroatoms. The summed E-state index contributed by atoms with van der Waals surface area (Å²) in [6.45, 7) is 35.9. The van der Waals surface area contributed by atoms with Crippen LogP contribution >= 0.6 is 0 Å². The van der Waals surface area contributed by atoms with Crippen molar-refractivity contribution in [1.82, 2.24) is 19.6 Å². The average Bonchev–Trinajstić information content (AvgIpc) is 2.52. The lowest BCUT2D eigenvalue weighted by Gasteiger charge is -2.58. The van der Waals surface area contributed by atoms with Gasteiger partial charge in [-0.25, -0.2) is 0 Å². The van der Waals surface area contributed by atoms with E-state index in [2.05, 4.69) is 110 Å². The Morgan fingerprint density at radius 1 is 0.667 bits per heavy atom. The van der Waals surface area contributed by atoms with Crippen molar-refractivity contribution in [1.29, 1.82) is 0 Å². The fraction of sp³-hybridized carbons (Fsp3) is 1.00. The van der Waals surface area contributed by atoms with E-state index in [1.54, 1.807) is 0 Å². The summed E-state index contributed by atoms with van der Waals surface area (Å²) in [5.74, 6) is 0. The van der Waals surface area contributed by atoms with Crippen molar-refractivity contribution in [3.63, 3.8) is 0 Å². The smallest absolute Gasteiger partial charge is 0.0247 e. The highest BCUT2D eigenvalue weighted by Crippen LogP contribution is 2.34. The number of hydrogen-bond donors (Lipinski definition) is 0. The van der Waals surface area contributed by atoms with E-state index < -0.39 is 0 Å². The molecule has 4 atom stereocenters. The van der Waals surface area contributed by atoms with Crippen LogP contribution in [0, 0.1) is 0 Å². The van der Waals surface area contributed by atoms with Crippen LogP contribution in [-0.4, -0.2) is 92.6 Å². The van der Waals surface area contributed by atoms with Gasteiger partial charge in [-0.3, -0.25) is 19.6 Å². The van der Waals surface area contributed by atoms with Crippen LogP contribution in [0.4, 0.5) is 0 Å². The second-order valence-electron chi connectivity index (χ2n) is 13.5. The summed E-state index contributed by atoms with van der Waals surface area (Å²) in [7, 11) is 0. The van der Waals surface area contributed by atoms with E-state index >= 15 is 0 Å². The van der Waals surface area contributed by atoms with Crippen LogP contribution in [-0.2, 0) is 0 Å². The molecular weight excluding hydrogens is 368 g/mol. The van der Waals surface area contributed by atoms with Gasteiger partial charge in [-0.15, -0.1) is 0 Å². The van der Waals surface area contributed by atoms with Crippen LogP contribution in [0.3, 0.4) is 0 Å². The molecular formula is C26H54N4. The van der Waals surface area contributed by atoms with E-state index in [1.807, 2.05) is 0 Å². The molecule has 2 fully saturated rings. The quantitative estimate of drug-likeness (QED) is 0.639. The SMILES string of the molecule is CC(C)N1CC(CC2CN(C(C)(C)C)CC(C)N2C(C)(C)C)N(C(C)(C)C)CC1C. The maximum atomic E-state index is 2.84. The van der Waals surface area contributed by atoms with Crippen LogP contribution in [0.1, 0.15) is 96.4 Å². The van der Waals surface area contributed by atoms with Gasteiger partial charge in [0.1, 0.15) is 0 Å². The predicted molar refractivity (Wildman–Crippen MR) is 132 cm³/mol. The van der Waals surface area contributed by atoms with Gasteiger partial charge in [-0.05, 0) is 96.4 Å². The number of hydrogen-bond acceptors (Lipinski definition) is 4. The van der Waals surface area contributed by atoms with Crippen LogP contribution in [0.5, 0.6) is 0 Å². The molecule has 0 aromatic heterocycles. The Bertz CT molecular complexity index is 551. The van der Waals surface area contributed by atoms with Crippen LogP contribution in [0.2, 0.25) is 0 Å². The fourth-order valence-corrected chi connectivity index (χ4v) is 6.25. The lowest BCUT2D eigenvalue weighted by atomic mass is 9.87. The molecule has 0 aromatic rings. The van der Waals surface area contributed by atoms with Gasteiger partial charge in [0.2, 0.25) is 0 Å². The van der Waals surface area contributed by atoms with E-state index in [0.717, 1.165) is 0 Å². The van der Waals surface area contributed by atoms with Gasteiger partial charge >= 0.3 is 0 Å². The molecule has 2 saturated heterocycles. The second-order valence-corrected chi connectivity index (χ2v) is 13.5. The number of nitrogens with zero attached hydrogens (tertiary/aromatic N) is 4. The zero-order chi connectivity index (χ0) is 23.2. The van der Waals surface area contributed by atoms with Gasteiger partial charge in [0.05, 0.1) is 0 Å². The van der Waals surface area contributed by atoms with Crippen LogP contribution in [0.25, 0.3) is 0 Å². The Morgan fingerprint density at radius 2 is 1.23 bits per heavy atom. The van der Waals surface area contributed by atoms with E-state index in [1.165, 1.54) is 32.6 Å². The van der Waals surface area contributed by atoms with Crippen LogP contribution < -0.4 is 0 Å². The Hall–Kier alpha value is -0.160. The molecule has 0 spiro atoms. The highest BCUT2D eigenvalue weighted by atomic mass is 15.4. The van der Waals surface area contributed by atoms with E-state index in [9.17, 15) is 0 Å². The third kappa shape index (κ3) is 5.99. The molecule has 2 rings (SSSR count). The molecule has 0 N–H and O–H groups in total. The first-order valence-corrected chi connectivity index (χ1v) is 12.5. The molecule has 4 nitrogen and oxygen atoms in total. The molecule has 2 heterocycles. The summed E-state index contributed by atoms with van der Waals surface area (Å²) in [5.41, 5.74) is 0.629. The molecule has 0 bridgehead atoms. The van der Waals surface area contributed by atoms with Gasteiger partial charge in [0.25, 0.3) is 0 Å². The Kier molecular flexibility index (Phi) is 7.83. The molecule has 4 unspecified atom stereocenters. The fourth-order valence-electron chi connectivity index (χ4n) is 6.25. The van der Waals surface area contributed by atoms with Crippen molar-refractivity contribution in [2.24, 2.45) is 0 Å². The number of piperazine rings is 2. The highest BCUT2D eigenvalue weighted by molar-refractivity contribution is 5.01. The largest absolute Gasteiger partial charge is 0.295 e. The average molecular weight is 423 g/mol. The van der Waals surface area contributed by atoms with Crippen molar-refractivity contribution in [3.05, 3.63) is 0 Å². The Morgan fingerprint density at radius 3 is 1.67 bits per heavy atom. The third-order valence-electron chi connectivity index (χ3n) is 7.47. The Labute approximate surface area is 189 Å². The minimum atomic E-state index is 0.195.